The number of benzene rings is 1. The first-order valence-electron chi connectivity index (χ1n) is 3.74. The van der Waals surface area contributed by atoms with Crippen molar-refractivity contribution in [2.75, 3.05) is 12.8 Å². The van der Waals surface area contributed by atoms with E-state index in [9.17, 15) is 0 Å². The Labute approximate surface area is 74.6 Å². The van der Waals surface area contributed by atoms with Crippen molar-refractivity contribution in [3.63, 3.8) is 0 Å². The van der Waals surface area contributed by atoms with Crippen molar-refractivity contribution in [2.45, 2.75) is 0 Å². The normalized spacial score (nSPS) is 10.2. The molecule has 0 saturated carbocycles. The highest BCUT2D eigenvalue weighted by Crippen LogP contribution is 2.20. The predicted molar refractivity (Wildman–Crippen MR) is 48.3 cm³/mol. The van der Waals surface area contributed by atoms with Crippen LogP contribution in [0.5, 0.6) is 5.75 Å². The number of rotatable bonds is 1. The van der Waals surface area contributed by atoms with Gasteiger partial charge in [-0.2, -0.15) is 0 Å². The molecule has 2 rings (SSSR count). The first kappa shape index (κ1) is 7.72. The van der Waals surface area contributed by atoms with Gasteiger partial charge in [-0.25, -0.2) is 4.98 Å². The summed E-state index contributed by atoms with van der Waals surface area (Å²) in [4.78, 5) is 4.01. The molecular formula is C8H8N4O. The van der Waals surface area contributed by atoms with Crippen LogP contribution in [0.4, 0.5) is 5.95 Å². The number of anilines is 1. The molecule has 0 atom stereocenters. The summed E-state index contributed by atoms with van der Waals surface area (Å²) in [6.07, 6.45) is 0. The van der Waals surface area contributed by atoms with Crippen LogP contribution >= 0.6 is 0 Å². The van der Waals surface area contributed by atoms with Gasteiger partial charge in [-0.1, -0.05) is 6.07 Å². The van der Waals surface area contributed by atoms with E-state index in [4.69, 9.17) is 10.5 Å². The molecule has 66 valence electrons. The van der Waals surface area contributed by atoms with Crippen molar-refractivity contribution in [3.05, 3.63) is 18.2 Å². The van der Waals surface area contributed by atoms with Gasteiger partial charge in [0.2, 0.25) is 5.95 Å². The highest BCUT2D eigenvalue weighted by atomic mass is 16.5. The second kappa shape index (κ2) is 2.85. The number of nitrogens with two attached hydrogens (primary N) is 1. The smallest absolute Gasteiger partial charge is 0.240 e. The number of ether oxygens (including phenoxy) is 1. The van der Waals surface area contributed by atoms with Crippen molar-refractivity contribution in [1.82, 2.24) is 15.2 Å². The van der Waals surface area contributed by atoms with Gasteiger partial charge in [-0.3, -0.25) is 0 Å². The lowest BCUT2D eigenvalue weighted by atomic mass is 10.3. The zero-order chi connectivity index (χ0) is 9.26. The van der Waals surface area contributed by atoms with Gasteiger partial charge in [0, 0.05) is 0 Å². The average Bonchev–Trinajstić information content (AvgIpc) is 2.16. The molecule has 13 heavy (non-hydrogen) atoms. The van der Waals surface area contributed by atoms with Gasteiger partial charge in [0.15, 0.2) is 5.52 Å². The summed E-state index contributed by atoms with van der Waals surface area (Å²) in [6, 6.07) is 5.44. The highest BCUT2D eigenvalue weighted by molar-refractivity contribution is 5.80. The third-order valence-corrected chi connectivity index (χ3v) is 1.69. The van der Waals surface area contributed by atoms with E-state index in [0.29, 0.717) is 16.8 Å². The van der Waals surface area contributed by atoms with Crippen LogP contribution in [-0.4, -0.2) is 22.3 Å². The largest absolute Gasteiger partial charge is 0.494 e. The summed E-state index contributed by atoms with van der Waals surface area (Å²) in [6.45, 7) is 0. The Balaban J connectivity index is 2.77. The number of hydrogen-bond donors (Lipinski definition) is 1. The van der Waals surface area contributed by atoms with Crippen molar-refractivity contribution < 1.29 is 4.74 Å². The Morgan fingerprint density at radius 1 is 1.31 bits per heavy atom. The van der Waals surface area contributed by atoms with Crippen molar-refractivity contribution >= 4 is 17.0 Å². The molecule has 5 heteroatoms. The van der Waals surface area contributed by atoms with Crippen LogP contribution in [0.3, 0.4) is 0 Å². The molecule has 0 unspecified atom stereocenters. The second-order valence-electron chi connectivity index (χ2n) is 2.50. The summed E-state index contributed by atoms with van der Waals surface area (Å²) in [5.41, 5.74) is 6.70. The Hall–Kier alpha value is -1.91. The van der Waals surface area contributed by atoms with Gasteiger partial charge in [0.05, 0.1) is 12.6 Å². The fourth-order valence-corrected chi connectivity index (χ4v) is 1.11. The van der Waals surface area contributed by atoms with E-state index in [1.165, 1.54) is 0 Å². The fourth-order valence-electron chi connectivity index (χ4n) is 1.11. The van der Waals surface area contributed by atoms with Crippen LogP contribution < -0.4 is 10.5 Å². The van der Waals surface area contributed by atoms with Gasteiger partial charge < -0.3 is 10.5 Å². The zero-order valence-electron chi connectivity index (χ0n) is 7.06. The summed E-state index contributed by atoms with van der Waals surface area (Å²) in [7, 11) is 1.58. The van der Waals surface area contributed by atoms with Crippen LogP contribution in [0, 0.1) is 0 Å². The summed E-state index contributed by atoms with van der Waals surface area (Å²) < 4.78 is 5.08. The Kier molecular flexibility index (Phi) is 1.70. The number of hydrogen-bond acceptors (Lipinski definition) is 5. The molecule has 0 radical (unpaired) electrons. The molecular weight excluding hydrogens is 168 g/mol. The average molecular weight is 176 g/mol. The van der Waals surface area contributed by atoms with Crippen LogP contribution in [0.1, 0.15) is 0 Å². The highest BCUT2D eigenvalue weighted by Gasteiger charge is 2.03. The molecule has 1 aromatic heterocycles. The Morgan fingerprint density at radius 3 is 2.92 bits per heavy atom. The lowest BCUT2D eigenvalue weighted by Crippen LogP contribution is -1.98. The second-order valence-corrected chi connectivity index (χ2v) is 2.50. The van der Waals surface area contributed by atoms with E-state index in [1.807, 2.05) is 12.1 Å². The van der Waals surface area contributed by atoms with Crippen LogP contribution in [-0.2, 0) is 0 Å². The molecule has 0 saturated heterocycles. The summed E-state index contributed by atoms with van der Waals surface area (Å²) in [5.74, 6) is 0.818. The number of fused-ring (bicyclic) bond motifs is 1. The molecule has 0 amide bonds. The molecule has 0 bridgehead atoms. The molecule has 1 aromatic carbocycles. The van der Waals surface area contributed by atoms with Gasteiger partial charge >= 0.3 is 0 Å². The number of methoxy groups -OCH3 is 1. The molecule has 0 spiro atoms. The SMILES string of the molecule is COc1cccc2nc(N)nnc12. The first-order chi connectivity index (χ1) is 6.31. The van der Waals surface area contributed by atoms with Crippen molar-refractivity contribution in [2.24, 2.45) is 0 Å². The van der Waals surface area contributed by atoms with Gasteiger partial charge in [0.25, 0.3) is 0 Å². The monoisotopic (exact) mass is 176 g/mol. The first-order valence-corrected chi connectivity index (χ1v) is 3.74. The molecule has 0 aliphatic carbocycles. The molecule has 1 heterocycles. The number of nitrogens with zero attached hydrogens (tertiary/aromatic N) is 3. The predicted octanol–water partition coefficient (Wildman–Crippen LogP) is 0.616. The fraction of sp³-hybridized carbons (Fsp3) is 0.125. The van der Waals surface area contributed by atoms with Crippen molar-refractivity contribution in [3.8, 4) is 5.75 Å². The van der Waals surface area contributed by atoms with Crippen molar-refractivity contribution in [1.29, 1.82) is 0 Å². The number of aromatic nitrogens is 3. The lowest BCUT2D eigenvalue weighted by molar-refractivity contribution is 0.418. The minimum absolute atomic E-state index is 0.167. The maximum Gasteiger partial charge on any atom is 0.240 e. The molecule has 0 aliphatic rings. The minimum atomic E-state index is 0.167. The van der Waals surface area contributed by atoms with Crippen LogP contribution in [0.2, 0.25) is 0 Å². The Morgan fingerprint density at radius 2 is 2.15 bits per heavy atom. The number of nitrogen functional groups attached to an aromatic ring is 1. The van der Waals surface area contributed by atoms with E-state index in [-0.39, 0.29) is 5.95 Å². The third kappa shape index (κ3) is 1.24. The maximum absolute atomic E-state index is 5.39. The summed E-state index contributed by atoms with van der Waals surface area (Å²) in [5, 5.41) is 7.54. The van der Waals surface area contributed by atoms with E-state index in [2.05, 4.69) is 15.2 Å². The Bertz CT molecular complexity index is 443. The lowest BCUT2D eigenvalue weighted by Gasteiger charge is -2.02. The maximum atomic E-state index is 5.39. The van der Waals surface area contributed by atoms with E-state index in [1.54, 1.807) is 13.2 Å². The molecule has 2 aromatic rings. The van der Waals surface area contributed by atoms with Crippen LogP contribution in [0.25, 0.3) is 11.0 Å². The minimum Gasteiger partial charge on any atom is -0.494 e. The summed E-state index contributed by atoms with van der Waals surface area (Å²) >= 11 is 0. The topological polar surface area (TPSA) is 73.9 Å². The molecule has 0 fully saturated rings. The van der Waals surface area contributed by atoms with Gasteiger partial charge in [-0.05, 0) is 12.1 Å². The van der Waals surface area contributed by atoms with E-state index >= 15 is 0 Å². The van der Waals surface area contributed by atoms with Crippen LogP contribution in [0.15, 0.2) is 18.2 Å². The van der Waals surface area contributed by atoms with Gasteiger partial charge in [0.1, 0.15) is 5.75 Å². The molecule has 0 aliphatic heterocycles. The van der Waals surface area contributed by atoms with E-state index in [0.717, 1.165) is 0 Å². The quantitative estimate of drug-likeness (QED) is 0.689. The van der Waals surface area contributed by atoms with Gasteiger partial charge in [-0.15, -0.1) is 10.2 Å². The molecule has 2 N–H and O–H groups in total. The van der Waals surface area contributed by atoms with E-state index < -0.39 is 0 Å². The molecule has 5 nitrogen and oxygen atoms in total. The third-order valence-electron chi connectivity index (χ3n) is 1.69. The zero-order valence-corrected chi connectivity index (χ0v) is 7.06. The standard InChI is InChI=1S/C8H8N4O/c1-13-6-4-2-3-5-7(6)11-12-8(9)10-5/h2-4H,1H3,(H2,9,10,12).